The van der Waals surface area contributed by atoms with E-state index in [2.05, 4.69) is 110 Å². The third kappa shape index (κ3) is 1.96. The summed E-state index contributed by atoms with van der Waals surface area (Å²) in [6.07, 6.45) is 0. The van der Waals surface area contributed by atoms with Crippen LogP contribution in [0, 0.1) is 6.92 Å². The van der Waals surface area contributed by atoms with Crippen LogP contribution < -0.4 is 4.74 Å². The average molecular weight is 396 g/mol. The largest absolute Gasteiger partial charge is 0.457 e. The van der Waals surface area contributed by atoms with Crippen LogP contribution in [0.25, 0.3) is 21.9 Å². The number of rotatable bonds is 0. The van der Waals surface area contributed by atoms with Gasteiger partial charge in [0.25, 0.3) is 0 Å². The topological polar surface area (TPSA) is 9.23 Å². The van der Waals surface area contributed by atoms with Gasteiger partial charge >= 0.3 is 0 Å². The molecule has 0 aromatic heterocycles. The number of aryl methyl sites for hydroxylation is 1. The number of ether oxygens (including phenoxy) is 1. The van der Waals surface area contributed by atoms with Crippen LogP contribution in [0.2, 0.25) is 0 Å². The van der Waals surface area contributed by atoms with Crippen molar-refractivity contribution >= 4 is 10.8 Å². The van der Waals surface area contributed by atoms with Crippen molar-refractivity contribution in [3.8, 4) is 22.6 Å². The standard InChI is InChI=1S/C30H20O/c1-19-9-8-14-24-28(19)29-21-11-3-2-10-20(21)17-18-25(29)30(24)22-12-4-6-15-26(22)31-27-16-7-5-13-23(27)30/h2-18H,1H3. The Bertz CT molecular complexity index is 1480. The average Bonchev–Trinajstić information content (AvgIpc) is 3.12. The zero-order valence-corrected chi connectivity index (χ0v) is 17.2. The molecule has 0 fully saturated rings. The van der Waals surface area contributed by atoms with Crippen molar-refractivity contribution in [2.24, 2.45) is 0 Å². The Morgan fingerprint density at radius 3 is 1.90 bits per heavy atom. The van der Waals surface area contributed by atoms with Gasteiger partial charge in [-0.15, -0.1) is 0 Å². The first kappa shape index (κ1) is 16.9. The first-order valence-electron chi connectivity index (χ1n) is 10.8. The maximum Gasteiger partial charge on any atom is 0.132 e. The minimum atomic E-state index is -0.383. The molecular weight excluding hydrogens is 376 g/mol. The molecule has 146 valence electrons. The Labute approximate surface area is 181 Å². The number of hydrogen-bond donors (Lipinski definition) is 0. The molecule has 0 atom stereocenters. The van der Waals surface area contributed by atoms with Crippen molar-refractivity contribution in [1.29, 1.82) is 0 Å². The van der Waals surface area contributed by atoms with Gasteiger partial charge in [-0.25, -0.2) is 0 Å². The van der Waals surface area contributed by atoms with Crippen LogP contribution >= 0.6 is 0 Å². The van der Waals surface area contributed by atoms with Gasteiger partial charge in [-0.1, -0.05) is 91.0 Å². The molecule has 1 heteroatoms. The van der Waals surface area contributed by atoms with Crippen molar-refractivity contribution in [3.63, 3.8) is 0 Å². The number of benzene rings is 5. The van der Waals surface area contributed by atoms with Crippen molar-refractivity contribution in [2.75, 3.05) is 0 Å². The van der Waals surface area contributed by atoms with E-state index in [-0.39, 0.29) is 5.41 Å². The second-order valence-electron chi connectivity index (χ2n) is 8.55. The van der Waals surface area contributed by atoms with E-state index in [0.717, 1.165) is 11.5 Å². The van der Waals surface area contributed by atoms with Crippen molar-refractivity contribution in [3.05, 3.63) is 131 Å². The van der Waals surface area contributed by atoms with Gasteiger partial charge in [0.2, 0.25) is 0 Å². The van der Waals surface area contributed by atoms with Gasteiger partial charge in [0.05, 0.1) is 5.41 Å². The van der Waals surface area contributed by atoms with E-state index in [0.29, 0.717) is 0 Å². The van der Waals surface area contributed by atoms with Gasteiger partial charge in [-0.2, -0.15) is 0 Å². The zero-order valence-electron chi connectivity index (χ0n) is 17.2. The molecule has 2 aliphatic rings. The summed E-state index contributed by atoms with van der Waals surface area (Å²) in [6, 6.07) is 37.2. The quantitative estimate of drug-likeness (QED) is 0.256. The lowest BCUT2D eigenvalue weighted by molar-refractivity contribution is 0.436. The summed E-state index contributed by atoms with van der Waals surface area (Å²) in [5.41, 5.74) is 8.78. The van der Waals surface area contributed by atoms with E-state index in [1.165, 1.54) is 49.7 Å². The highest BCUT2D eigenvalue weighted by atomic mass is 16.5. The molecule has 5 aromatic carbocycles. The highest BCUT2D eigenvalue weighted by Crippen LogP contribution is 2.63. The molecule has 1 aliphatic carbocycles. The van der Waals surface area contributed by atoms with Gasteiger partial charge in [0.1, 0.15) is 11.5 Å². The van der Waals surface area contributed by atoms with E-state index in [4.69, 9.17) is 4.74 Å². The predicted octanol–water partition coefficient (Wildman–Crippen LogP) is 7.62. The van der Waals surface area contributed by atoms with Crippen molar-refractivity contribution in [1.82, 2.24) is 0 Å². The first-order valence-corrected chi connectivity index (χ1v) is 10.8. The summed E-state index contributed by atoms with van der Waals surface area (Å²) < 4.78 is 6.41. The second-order valence-corrected chi connectivity index (χ2v) is 8.55. The van der Waals surface area contributed by atoms with Crippen molar-refractivity contribution in [2.45, 2.75) is 12.3 Å². The molecule has 0 amide bonds. The molecule has 31 heavy (non-hydrogen) atoms. The van der Waals surface area contributed by atoms with E-state index in [9.17, 15) is 0 Å². The van der Waals surface area contributed by atoms with Gasteiger partial charge in [0, 0.05) is 11.1 Å². The lowest BCUT2D eigenvalue weighted by atomic mass is 9.66. The summed E-state index contributed by atoms with van der Waals surface area (Å²) in [6.45, 7) is 2.24. The molecule has 1 heterocycles. The van der Waals surface area contributed by atoms with Crippen molar-refractivity contribution < 1.29 is 4.74 Å². The summed E-state index contributed by atoms with van der Waals surface area (Å²) >= 11 is 0. The van der Waals surface area contributed by atoms with Crippen LogP contribution in [0.15, 0.2) is 103 Å². The Balaban J connectivity index is 1.76. The SMILES string of the molecule is Cc1cccc2c1-c1c(ccc3ccccc13)C21c2ccccc2Oc2ccccc21. The maximum absolute atomic E-state index is 6.41. The molecule has 7 rings (SSSR count). The molecular formula is C30H20O. The van der Waals surface area contributed by atoms with E-state index in [1.807, 2.05) is 0 Å². The summed E-state index contributed by atoms with van der Waals surface area (Å²) in [4.78, 5) is 0. The fraction of sp³-hybridized carbons (Fsp3) is 0.0667. The molecule has 0 N–H and O–H groups in total. The maximum atomic E-state index is 6.41. The van der Waals surface area contributed by atoms with Crippen LogP contribution in [0.1, 0.15) is 27.8 Å². The molecule has 0 saturated carbocycles. The molecule has 0 saturated heterocycles. The fourth-order valence-corrected chi connectivity index (χ4v) is 5.89. The molecule has 0 unspecified atom stereocenters. The van der Waals surface area contributed by atoms with Crippen LogP contribution in [0.5, 0.6) is 11.5 Å². The number of hydrogen-bond acceptors (Lipinski definition) is 1. The molecule has 5 aromatic rings. The van der Waals surface area contributed by atoms with Gasteiger partial charge in [0.15, 0.2) is 0 Å². The number of para-hydroxylation sites is 2. The zero-order chi connectivity index (χ0) is 20.6. The molecule has 1 spiro atoms. The predicted molar refractivity (Wildman–Crippen MR) is 126 cm³/mol. The normalized spacial score (nSPS) is 14.5. The summed E-state index contributed by atoms with van der Waals surface area (Å²) in [7, 11) is 0. The lowest BCUT2D eigenvalue weighted by Gasteiger charge is -2.39. The lowest BCUT2D eigenvalue weighted by Crippen LogP contribution is -2.32. The monoisotopic (exact) mass is 396 g/mol. The molecule has 1 aliphatic heterocycles. The molecule has 1 nitrogen and oxygen atoms in total. The minimum Gasteiger partial charge on any atom is -0.457 e. The van der Waals surface area contributed by atoms with Gasteiger partial charge in [-0.05, 0) is 57.6 Å². The fourth-order valence-electron chi connectivity index (χ4n) is 5.89. The minimum absolute atomic E-state index is 0.383. The van der Waals surface area contributed by atoms with E-state index >= 15 is 0 Å². The molecule has 0 bridgehead atoms. The Kier molecular flexibility index (Phi) is 3.20. The van der Waals surface area contributed by atoms with E-state index < -0.39 is 0 Å². The number of fused-ring (bicyclic) bond motifs is 11. The van der Waals surface area contributed by atoms with Crippen LogP contribution in [-0.4, -0.2) is 0 Å². The third-order valence-corrected chi connectivity index (χ3v) is 7.06. The highest BCUT2D eigenvalue weighted by molar-refractivity contribution is 6.05. The Morgan fingerprint density at radius 2 is 1.13 bits per heavy atom. The first-order chi connectivity index (χ1) is 15.3. The summed E-state index contributed by atoms with van der Waals surface area (Å²) in [5, 5.41) is 2.59. The molecule has 0 radical (unpaired) electrons. The van der Waals surface area contributed by atoms with E-state index in [1.54, 1.807) is 0 Å². The summed E-state index contributed by atoms with van der Waals surface area (Å²) in [5.74, 6) is 1.88. The third-order valence-electron chi connectivity index (χ3n) is 7.06. The van der Waals surface area contributed by atoms with Gasteiger partial charge < -0.3 is 4.74 Å². The van der Waals surface area contributed by atoms with Gasteiger partial charge in [-0.3, -0.25) is 0 Å². The van der Waals surface area contributed by atoms with Crippen LogP contribution in [-0.2, 0) is 5.41 Å². The Morgan fingerprint density at radius 1 is 0.516 bits per heavy atom. The van der Waals surface area contributed by atoms with Crippen LogP contribution in [0.3, 0.4) is 0 Å². The Hall–Kier alpha value is -3.84. The second kappa shape index (κ2) is 5.86. The highest BCUT2D eigenvalue weighted by Gasteiger charge is 2.51. The smallest absolute Gasteiger partial charge is 0.132 e. The van der Waals surface area contributed by atoms with Crippen LogP contribution in [0.4, 0.5) is 0 Å².